The highest BCUT2D eigenvalue weighted by Gasteiger charge is 2.28. The number of thiazole rings is 1. The number of nitrogens with one attached hydrogen (secondary N) is 2. The number of benzene rings is 1. The van der Waals surface area contributed by atoms with Crippen molar-refractivity contribution >= 4 is 44.3 Å². The standard InChI is InChI=1S/C25H32N6O3S/c1-5-8-26-23(33)18-7-6-9-30(12-18)25-29-22-21(35-25)24(34)31(14-27-22)13-19(32)28-20-16(3)10-15(2)11-17(20)4/h10-11,14,18H,5-9,12-13H2,1-4H3,(H,26,33)(H,28,32). The number of anilines is 2. The Balaban J connectivity index is 1.50. The third kappa shape index (κ3) is 5.53. The van der Waals surface area contributed by atoms with Gasteiger partial charge in [-0.1, -0.05) is 36.0 Å². The molecule has 0 radical (unpaired) electrons. The van der Waals surface area contributed by atoms with Crippen LogP contribution in [0.1, 0.15) is 42.9 Å². The zero-order valence-corrected chi connectivity index (χ0v) is 21.5. The van der Waals surface area contributed by atoms with Crippen molar-refractivity contribution in [3.63, 3.8) is 0 Å². The van der Waals surface area contributed by atoms with Gasteiger partial charge >= 0.3 is 0 Å². The Morgan fingerprint density at radius 1 is 1.20 bits per heavy atom. The predicted octanol–water partition coefficient (Wildman–Crippen LogP) is 3.16. The Bertz CT molecular complexity index is 1290. The van der Waals surface area contributed by atoms with Gasteiger partial charge < -0.3 is 15.5 Å². The van der Waals surface area contributed by atoms with Gasteiger partial charge in [0.25, 0.3) is 5.56 Å². The lowest BCUT2D eigenvalue weighted by Crippen LogP contribution is -2.43. The van der Waals surface area contributed by atoms with Gasteiger partial charge in [0, 0.05) is 25.3 Å². The lowest BCUT2D eigenvalue weighted by atomic mass is 9.97. The number of aryl methyl sites for hydroxylation is 3. The quantitative estimate of drug-likeness (QED) is 0.520. The van der Waals surface area contributed by atoms with Gasteiger partial charge in [-0.2, -0.15) is 4.98 Å². The highest BCUT2D eigenvalue weighted by molar-refractivity contribution is 7.22. The van der Waals surface area contributed by atoms with E-state index in [9.17, 15) is 14.4 Å². The molecule has 186 valence electrons. The summed E-state index contributed by atoms with van der Waals surface area (Å²) in [4.78, 5) is 49.2. The van der Waals surface area contributed by atoms with E-state index in [2.05, 4.69) is 25.5 Å². The predicted molar refractivity (Wildman–Crippen MR) is 139 cm³/mol. The van der Waals surface area contributed by atoms with E-state index in [1.807, 2.05) is 39.8 Å². The van der Waals surface area contributed by atoms with Gasteiger partial charge in [0.1, 0.15) is 17.6 Å². The summed E-state index contributed by atoms with van der Waals surface area (Å²) in [6, 6.07) is 4.03. The molecule has 1 atom stereocenters. The lowest BCUT2D eigenvalue weighted by molar-refractivity contribution is -0.125. The molecular weight excluding hydrogens is 464 g/mol. The van der Waals surface area contributed by atoms with Crippen LogP contribution in [0, 0.1) is 26.7 Å². The normalized spacial score (nSPS) is 15.9. The summed E-state index contributed by atoms with van der Waals surface area (Å²) in [7, 11) is 0. The van der Waals surface area contributed by atoms with Crippen molar-refractivity contribution in [3.8, 4) is 0 Å². The molecule has 2 amide bonds. The summed E-state index contributed by atoms with van der Waals surface area (Å²) in [5.41, 5.74) is 3.94. The molecule has 0 aliphatic carbocycles. The van der Waals surface area contributed by atoms with Crippen molar-refractivity contribution in [2.75, 3.05) is 29.9 Å². The summed E-state index contributed by atoms with van der Waals surface area (Å²) in [5, 5.41) is 6.59. The molecule has 0 bridgehead atoms. The van der Waals surface area contributed by atoms with Crippen LogP contribution in [0.25, 0.3) is 10.3 Å². The highest BCUT2D eigenvalue weighted by Crippen LogP contribution is 2.29. The Hall–Kier alpha value is -3.27. The van der Waals surface area contributed by atoms with Crippen LogP contribution in [0.3, 0.4) is 0 Å². The van der Waals surface area contributed by atoms with Crippen LogP contribution in [-0.4, -0.2) is 46.0 Å². The Kier molecular flexibility index (Phi) is 7.49. The lowest BCUT2D eigenvalue weighted by Gasteiger charge is -2.31. The van der Waals surface area contributed by atoms with Crippen molar-refractivity contribution < 1.29 is 9.59 Å². The molecule has 1 saturated heterocycles. The summed E-state index contributed by atoms with van der Waals surface area (Å²) in [6.45, 7) is 9.84. The van der Waals surface area contributed by atoms with E-state index in [-0.39, 0.29) is 29.8 Å². The van der Waals surface area contributed by atoms with Gasteiger partial charge in [0.2, 0.25) is 11.8 Å². The maximum absolute atomic E-state index is 13.1. The first-order valence-corrected chi connectivity index (χ1v) is 12.8. The van der Waals surface area contributed by atoms with Gasteiger partial charge in [-0.05, 0) is 51.2 Å². The van der Waals surface area contributed by atoms with Gasteiger partial charge in [0.15, 0.2) is 10.8 Å². The van der Waals surface area contributed by atoms with E-state index in [1.54, 1.807) is 0 Å². The van der Waals surface area contributed by atoms with Crippen LogP contribution in [0.4, 0.5) is 10.8 Å². The molecule has 2 N–H and O–H groups in total. The fraction of sp³-hybridized carbons (Fsp3) is 0.480. The van der Waals surface area contributed by atoms with E-state index >= 15 is 0 Å². The van der Waals surface area contributed by atoms with Crippen molar-refractivity contribution in [1.82, 2.24) is 19.9 Å². The van der Waals surface area contributed by atoms with Crippen LogP contribution < -0.4 is 21.1 Å². The first-order chi connectivity index (χ1) is 16.8. The van der Waals surface area contributed by atoms with Crippen molar-refractivity contribution in [1.29, 1.82) is 0 Å². The molecule has 1 aliphatic heterocycles. The number of carbonyl (C=O) groups is 2. The van der Waals surface area contributed by atoms with Crippen molar-refractivity contribution in [3.05, 3.63) is 45.5 Å². The maximum atomic E-state index is 13.1. The second-order valence-electron chi connectivity index (χ2n) is 9.22. The van der Waals surface area contributed by atoms with Crippen LogP contribution in [0.2, 0.25) is 0 Å². The number of hydrogen-bond acceptors (Lipinski definition) is 7. The number of fused-ring (bicyclic) bond motifs is 1. The van der Waals surface area contributed by atoms with Crippen LogP contribution in [-0.2, 0) is 16.1 Å². The zero-order valence-electron chi connectivity index (χ0n) is 20.7. The molecule has 2 aromatic heterocycles. The molecule has 4 rings (SSSR count). The first kappa shape index (κ1) is 24.8. The maximum Gasteiger partial charge on any atom is 0.273 e. The van der Waals surface area contributed by atoms with Crippen molar-refractivity contribution in [2.45, 2.75) is 53.5 Å². The third-order valence-electron chi connectivity index (χ3n) is 6.24. The third-order valence-corrected chi connectivity index (χ3v) is 7.33. The van der Waals surface area contributed by atoms with E-state index in [0.29, 0.717) is 28.6 Å². The van der Waals surface area contributed by atoms with Gasteiger partial charge in [-0.3, -0.25) is 19.0 Å². The second-order valence-corrected chi connectivity index (χ2v) is 10.2. The number of nitrogens with zero attached hydrogens (tertiary/aromatic N) is 4. The van der Waals surface area contributed by atoms with Crippen LogP contribution >= 0.6 is 11.3 Å². The molecular formula is C25H32N6O3S. The number of aromatic nitrogens is 3. The molecule has 1 aromatic carbocycles. The fourth-order valence-electron chi connectivity index (χ4n) is 4.55. The Morgan fingerprint density at radius 2 is 1.94 bits per heavy atom. The minimum atomic E-state index is -0.291. The van der Waals surface area contributed by atoms with E-state index in [0.717, 1.165) is 48.2 Å². The molecule has 0 saturated carbocycles. The molecule has 9 nitrogen and oxygen atoms in total. The van der Waals surface area contributed by atoms with E-state index in [1.165, 1.54) is 22.2 Å². The number of rotatable bonds is 7. The molecule has 1 fully saturated rings. The van der Waals surface area contributed by atoms with Gasteiger partial charge in [-0.25, -0.2) is 4.98 Å². The molecule has 10 heteroatoms. The van der Waals surface area contributed by atoms with Gasteiger partial charge in [-0.15, -0.1) is 0 Å². The number of hydrogen-bond donors (Lipinski definition) is 2. The summed E-state index contributed by atoms with van der Waals surface area (Å²) >= 11 is 1.27. The summed E-state index contributed by atoms with van der Waals surface area (Å²) in [5.74, 6) is -0.308. The van der Waals surface area contributed by atoms with Crippen LogP contribution in [0.5, 0.6) is 0 Å². The zero-order chi connectivity index (χ0) is 25.1. The Labute approximate surface area is 208 Å². The smallest absolute Gasteiger partial charge is 0.273 e. The Morgan fingerprint density at radius 3 is 2.66 bits per heavy atom. The molecule has 1 aliphatic rings. The second kappa shape index (κ2) is 10.6. The monoisotopic (exact) mass is 496 g/mol. The minimum Gasteiger partial charge on any atom is -0.356 e. The van der Waals surface area contributed by atoms with E-state index < -0.39 is 0 Å². The van der Waals surface area contributed by atoms with Gasteiger partial charge in [0.05, 0.1) is 5.92 Å². The molecule has 3 aromatic rings. The summed E-state index contributed by atoms with van der Waals surface area (Å²) in [6.07, 6.45) is 4.01. The molecule has 0 spiro atoms. The fourth-order valence-corrected chi connectivity index (χ4v) is 5.56. The molecule has 3 heterocycles. The number of carbonyl (C=O) groups excluding carboxylic acids is 2. The average molecular weight is 497 g/mol. The summed E-state index contributed by atoms with van der Waals surface area (Å²) < 4.78 is 1.73. The average Bonchev–Trinajstić information content (AvgIpc) is 3.27. The van der Waals surface area contributed by atoms with Crippen molar-refractivity contribution in [2.24, 2.45) is 5.92 Å². The molecule has 35 heavy (non-hydrogen) atoms. The molecule has 1 unspecified atom stereocenters. The highest BCUT2D eigenvalue weighted by atomic mass is 32.1. The van der Waals surface area contributed by atoms with E-state index in [4.69, 9.17) is 0 Å². The van der Waals surface area contributed by atoms with Crippen LogP contribution in [0.15, 0.2) is 23.3 Å². The number of piperidine rings is 1. The minimum absolute atomic E-state index is 0.0724. The topological polar surface area (TPSA) is 109 Å². The first-order valence-electron chi connectivity index (χ1n) is 12.0. The number of amides is 2. The SMILES string of the molecule is CCCNC(=O)C1CCCN(c2nc3ncn(CC(=O)Nc4c(C)cc(C)cc4C)c(=O)c3s2)C1. The largest absolute Gasteiger partial charge is 0.356 e.